The molecule has 0 saturated carbocycles. The molecule has 4 N–H and O–H groups in total. The molecule has 0 aliphatic rings. The summed E-state index contributed by atoms with van der Waals surface area (Å²) in [5.41, 5.74) is 2.58. The topological polar surface area (TPSA) is 126 Å². The molecule has 2 rings (SSSR count). The summed E-state index contributed by atoms with van der Waals surface area (Å²) in [5.74, 6) is -1.32. The largest absolute Gasteiger partial charge is 0.496 e. The number of urea groups is 1. The summed E-state index contributed by atoms with van der Waals surface area (Å²) in [4.78, 5) is 50.9. The van der Waals surface area contributed by atoms with Gasteiger partial charge in [-0.05, 0) is 36.8 Å². The van der Waals surface area contributed by atoms with Gasteiger partial charge in [-0.3, -0.25) is 14.4 Å². The maximum Gasteiger partial charge on any atom is 0.315 e. The first-order valence-electron chi connectivity index (χ1n) is 12.5. The van der Waals surface area contributed by atoms with Gasteiger partial charge in [0.15, 0.2) is 0 Å². The van der Waals surface area contributed by atoms with Gasteiger partial charge < -0.3 is 26.0 Å². The molecule has 37 heavy (non-hydrogen) atoms. The Balaban J connectivity index is 1.98. The molecule has 0 saturated heterocycles. The van der Waals surface area contributed by atoms with Crippen LogP contribution in [0, 0.1) is 12.8 Å². The predicted molar refractivity (Wildman–Crippen MR) is 142 cm³/mol. The van der Waals surface area contributed by atoms with Crippen LogP contribution in [0.25, 0.3) is 0 Å². The van der Waals surface area contributed by atoms with Crippen LogP contribution in [-0.4, -0.2) is 42.8 Å². The summed E-state index contributed by atoms with van der Waals surface area (Å²) in [5, 5.41) is 10.7. The van der Waals surface area contributed by atoms with Crippen LogP contribution in [0.15, 0.2) is 48.5 Å². The van der Waals surface area contributed by atoms with Crippen LogP contribution in [0.3, 0.4) is 0 Å². The highest BCUT2D eigenvalue weighted by Crippen LogP contribution is 2.22. The molecule has 1 unspecified atom stereocenters. The number of carbonyl (C=O) groups excluding carboxylic acids is 4. The Morgan fingerprint density at radius 2 is 1.57 bits per heavy atom. The van der Waals surface area contributed by atoms with Gasteiger partial charge in [0.2, 0.25) is 11.7 Å². The third-order valence-corrected chi connectivity index (χ3v) is 5.83. The zero-order valence-electron chi connectivity index (χ0n) is 22.2. The number of aryl methyl sites for hydroxylation is 1. The number of benzene rings is 2. The Hall–Kier alpha value is -3.88. The molecule has 2 aromatic carbocycles. The number of ketones is 1. The summed E-state index contributed by atoms with van der Waals surface area (Å²) in [6.07, 6.45) is 0.592. The van der Waals surface area contributed by atoms with Crippen LogP contribution in [-0.2, 0) is 27.5 Å². The lowest BCUT2D eigenvalue weighted by Gasteiger charge is -2.23. The maximum absolute atomic E-state index is 13.0. The molecule has 2 aromatic rings. The molecule has 0 aromatic heterocycles. The van der Waals surface area contributed by atoms with Crippen LogP contribution >= 0.6 is 0 Å². The second kappa shape index (κ2) is 14.6. The molecule has 9 nitrogen and oxygen atoms in total. The van der Waals surface area contributed by atoms with Crippen molar-refractivity contribution < 1.29 is 23.9 Å². The highest BCUT2D eigenvalue weighted by atomic mass is 16.5. The number of para-hydroxylation sites is 1. The summed E-state index contributed by atoms with van der Waals surface area (Å²) in [6.45, 7) is 7.88. The van der Waals surface area contributed by atoms with Gasteiger partial charge in [-0.15, -0.1) is 0 Å². The van der Waals surface area contributed by atoms with Crippen LogP contribution in [0.5, 0.6) is 5.75 Å². The standard InChI is InChI=1S/C28H38N4O5/c1-6-22(24(33)27(35)29-17-21-14-10-11-19(4)25(21)37-5)31-26(34)23(15-18(2)3)32-28(36)30-16-20-12-8-7-9-13-20/h7-14,18,22-23H,6,15-17H2,1-5H3,(H,29,35)(H,31,34)(H2,30,32,36)/t22?,23-/m0/s1. The van der Waals surface area contributed by atoms with E-state index in [1.54, 1.807) is 20.1 Å². The molecule has 0 aliphatic heterocycles. The van der Waals surface area contributed by atoms with E-state index in [9.17, 15) is 19.2 Å². The second-order valence-electron chi connectivity index (χ2n) is 9.28. The highest BCUT2D eigenvalue weighted by molar-refractivity contribution is 6.38. The molecule has 0 aliphatic carbocycles. The number of amides is 4. The lowest BCUT2D eigenvalue weighted by Crippen LogP contribution is -2.55. The van der Waals surface area contributed by atoms with Gasteiger partial charge in [-0.25, -0.2) is 4.79 Å². The van der Waals surface area contributed by atoms with Gasteiger partial charge in [-0.2, -0.15) is 0 Å². The summed E-state index contributed by atoms with van der Waals surface area (Å²) < 4.78 is 5.39. The molecule has 0 radical (unpaired) electrons. The van der Waals surface area contributed by atoms with Gasteiger partial charge in [-0.1, -0.05) is 69.3 Å². The van der Waals surface area contributed by atoms with Gasteiger partial charge in [0.05, 0.1) is 13.2 Å². The maximum atomic E-state index is 13.0. The zero-order chi connectivity index (χ0) is 27.4. The number of ether oxygens (including phenoxy) is 1. The van der Waals surface area contributed by atoms with E-state index in [1.165, 1.54) is 0 Å². The first-order chi connectivity index (χ1) is 17.7. The van der Waals surface area contributed by atoms with Crippen LogP contribution in [0.1, 0.15) is 50.3 Å². The lowest BCUT2D eigenvalue weighted by molar-refractivity contribution is -0.140. The number of methoxy groups -OCH3 is 1. The Bertz CT molecular complexity index is 1070. The molecular weight excluding hydrogens is 472 g/mol. The van der Waals surface area contributed by atoms with Gasteiger partial charge >= 0.3 is 6.03 Å². The fourth-order valence-corrected chi connectivity index (χ4v) is 3.88. The molecule has 2 atom stereocenters. The quantitative estimate of drug-likeness (QED) is 0.308. The molecule has 0 fully saturated rings. The van der Waals surface area contributed by atoms with Crippen molar-refractivity contribution in [2.75, 3.05) is 7.11 Å². The van der Waals surface area contributed by atoms with E-state index in [1.807, 2.05) is 63.2 Å². The number of hydrogen-bond donors (Lipinski definition) is 4. The van der Waals surface area contributed by atoms with Crippen molar-refractivity contribution >= 4 is 23.6 Å². The van der Waals surface area contributed by atoms with Gasteiger partial charge in [0.25, 0.3) is 5.91 Å². The minimum Gasteiger partial charge on any atom is -0.496 e. The van der Waals surface area contributed by atoms with Crippen molar-refractivity contribution in [1.82, 2.24) is 21.3 Å². The number of rotatable bonds is 13. The van der Waals surface area contributed by atoms with E-state index in [2.05, 4.69) is 21.3 Å². The SMILES string of the molecule is CCC(NC(=O)[C@H](CC(C)C)NC(=O)NCc1ccccc1)C(=O)C(=O)NCc1cccc(C)c1OC. The Kier molecular flexibility index (Phi) is 11.6. The number of hydrogen-bond acceptors (Lipinski definition) is 5. The minimum atomic E-state index is -1.02. The third-order valence-electron chi connectivity index (χ3n) is 5.83. The average molecular weight is 511 g/mol. The number of nitrogens with one attached hydrogen (secondary N) is 4. The molecule has 200 valence electrons. The molecule has 0 heterocycles. The normalized spacial score (nSPS) is 12.3. The van der Waals surface area contributed by atoms with Crippen molar-refractivity contribution in [1.29, 1.82) is 0 Å². The van der Waals surface area contributed by atoms with Crippen molar-refractivity contribution in [3.05, 3.63) is 65.2 Å². The van der Waals surface area contributed by atoms with E-state index in [0.717, 1.165) is 16.7 Å². The lowest BCUT2D eigenvalue weighted by atomic mass is 10.0. The predicted octanol–water partition coefficient (Wildman–Crippen LogP) is 3.00. The average Bonchev–Trinajstić information content (AvgIpc) is 2.88. The van der Waals surface area contributed by atoms with E-state index in [-0.39, 0.29) is 18.9 Å². The van der Waals surface area contributed by atoms with E-state index in [4.69, 9.17) is 4.74 Å². The molecule has 4 amide bonds. The van der Waals surface area contributed by atoms with E-state index < -0.39 is 35.7 Å². The zero-order valence-corrected chi connectivity index (χ0v) is 22.2. The van der Waals surface area contributed by atoms with Crippen LogP contribution in [0.4, 0.5) is 4.79 Å². The first kappa shape index (κ1) is 29.4. The number of Topliss-reactive ketones (excluding diaryl/α,β-unsaturated/α-hetero) is 1. The van der Waals surface area contributed by atoms with Gasteiger partial charge in [0.1, 0.15) is 11.8 Å². The summed E-state index contributed by atoms with van der Waals surface area (Å²) in [7, 11) is 1.55. The molecule has 0 spiro atoms. The van der Waals surface area contributed by atoms with Crippen LogP contribution in [0.2, 0.25) is 0 Å². The molecule has 0 bridgehead atoms. The highest BCUT2D eigenvalue weighted by Gasteiger charge is 2.29. The minimum absolute atomic E-state index is 0.105. The van der Waals surface area contributed by atoms with E-state index >= 15 is 0 Å². The fourth-order valence-electron chi connectivity index (χ4n) is 3.88. The van der Waals surface area contributed by atoms with Crippen LogP contribution < -0.4 is 26.0 Å². The molecule has 9 heteroatoms. The summed E-state index contributed by atoms with van der Waals surface area (Å²) in [6, 6.07) is 12.6. The van der Waals surface area contributed by atoms with Crippen molar-refractivity contribution in [2.24, 2.45) is 5.92 Å². The monoisotopic (exact) mass is 510 g/mol. The number of carbonyl (C=O) groups is 4. The smallest absolute Gasteiger partial charge is 0.315 e. The van der Waals surface area contributed by atoms with Crippen molar-refractivity contribution in [3.63, 3.8) is 0 Å². The first-order valence-corrected chi connectivity index (χ1v) is 12.5. The Morgan fingerprint density at radius 3 is 2.19 bits per heavy atom. The van der Waals surface area contributed by atoms with E-state index in [0.29, 0.717) is 18.7 Å². The van der Waals surface area contributed by atoms with Crippen molar-refractivity contribution in [3.8, 4) is 5.75 Å². The third kappa shape index (κ3) is 9.25. The Morgan fingerprint density at radius 1 is 0.865 bits per heavy atom. The Labute approximate surface area is 218 Å². The van der Waals surface area contributed by atoms with Crippen molar-refractivity contribution in [2.45, 2.75) is 65.7 Å². The fraction of sp³-hybridized carbons (Fsp3) is 0.429. The second-order valence-corrected chi connectivity index (χ2v) is 9.28. The summed E-state index contributed by atoms with van der Waals surface area (Å²) >= 11 is 0. The molecular formula is C28H38N4O5. The van der Waals surface area contributed by atoms with Gasteiger partial charge in [0, 0.05) is 18.7 Å².